The summed E-state index contributed by atoms with van der Waals surface area (Å²) in [5.41, 5.74) is 2.87. The fourth-order valence-corrected chi connectivity index (χ4v) is 4.31. The third-order valence-corrected chi connectivity index (χ3v) is 6.03. The molecular formula is C20H27N3O4S. The molecule has 28 heavy (non-hydrogen) atoms. The Bertz CT molecular complexity index is 757. The molecule has 2 N–H and O–H groups in total. The van der Waals surface area contributed by atoms with Gasteiger partial charge in [-0.1, -0.05) is 0 Å². The van der Waals surface area contributed by atoms with E-state index >= 15 is 0 Å². The van der Waals surface area contributed by atoms with Crippen LogP contribution >= 0.6 is 11.8 Å². The lowest BCUT2D eigenvalue weighted by atomic mass is 9.97. The number of ether oxygens (including phenoxy) is 3. The first-order valence-electron chi connectivity index (χ1n) is 9.40. The molecule has 0 bridgehead atoms. The van der Waals surface area contributed by atoms with Crippen molar-refractivity contribution < 1.29 is 19.3 Å². The number of nitriles is 1. The van der Waals surface area contributed by atoms with Crippen molar-refractivity contribution in [1.82, 2.24) is 10.2 Å². The summed E-state index contributed by atoms with van der Waals surface area (Å²) in [6.07, 6.45) is 0.350. The van der Waals surface area contributed by atoms with Crippen LogP contribution in [-0.4, -0.2) is 75.5 Å². The zero-order valence-electron chi connectivity index (χ0n) is 16.4. The van der Waals surface area contributed by atoms with Crippen molar-refractivity contribution in [3.8, 4) is 17.6 Å². The number of methoxy groups -OCH3 is 2. The maximum absolute atomic E-state index is 10.4. The lowest BCUT2D eigenvalue weighted by Crippen LogP contribution is -2.41. The number of morpholine rings is 1. The van der Waals surface area contributed by atoms with Gasteiger partial charge in [0.1, 0.15) is 11.0 Å². The van der Waals surface area contributed by atoms with Crippen LogP contribution in [0.25, 0.3) is 5.70 Å². The maximum atomic E-state index is 10.4. The number of allylic oxidation sites excluding steroid dienone is 1. The van der Waals surface area contributed by atoms with Gasteiger partial charge in [0.25, 0.3) is 0 Å². The van der Waals surface area contributed by atoms with Crippen LogP contribution in [0.2, 0.25) is 0 Å². The van der Waals surface area contributed by atoms with Gasteiger partial charge in [0, 0.05) is 37.5 Å². The molecule has 2 aliphatic heterocycles. The van der Waals surface area contributed by atoms with Crippen LogP contribution in [-0.2, 0) is 11.2 Å². The number of nitrogens with zero attached hydrogens (tertiary/aromatic N) is 2. The number of thioether (sulfide) groups is 1. The van der Waals surface area contributed by atoms with Crippen LogP contribution in [0.3, 0.4) is 0 Å². The highest BCUT2D eigenvalue weighted by Crippen LogP contribution is 2.37. The number of hydrogen-bond donors (Lipinski definition) is 2. The van der Waals surface area contributed by atoms with Crippen LogP contribution in [0, 0.1) is 11.3 Å². The number of hydrogen-bond acceptors (Lipinski definition) is 8. The van der Waals surface area contributed by atoms with Crippen LogP contribution in [0.1, 0.15) is 11.1 Å². The largest absolute Gasteiger partial charge is 0.493 e. The van der Waals surface area contributed by atoms with Gasteiger partial charge in [-0.2, -0.15) is 5.26 Å². The third-order valence-electron chi connectivity index (χ3n) is 4.90. The fraction of sp³-hybridized carbons (Fsp3) is 0.550. The summed E-state index contributed by atoms with van der Waals surface area (Å²) in [6, 6.07) is 6.19. The molecule has 1 aromatic rings. The second-order valence-electron chi connectivity index (χ2n) is 6.73. The van der Waals surface area contributed by atoms with Crippen molar-refractivity contribution in [3.05, 3.63) is 28.2 Å². The van der Waals surface area contributed by atoms with Crippen molar-refractivity contribution >= 4 is 17.5 Å². The molecule has 0 radical (unpaired) electrons. The second-order valence-corrected chi connectivity index (χ2v) is 7.77. The fourth-order valence-electron chi connectivity index (χ4n) is 3.45. The summed E-state index contributed by atoms with van der Waals surface area (Å²) < 4.78 is 16.2. The van der Waals surface area contributed by atoms with E-state index in [1.54, 1.807) is 14.2 Å². The predicted molar refractivity (Wildman–Crippen MR) is 110 cm³/mol. The number of fused-ring (bicyclic) bond motifs is 1. The Labute approximate surface area is 170 Å². The number of nitrogens with one attached hydrogen (secondary N) is 1. The molecule has 1 unspecified atom stereocenters. The second kappa shape index (κ2) is 10.0. The maximum Gasteiger partial charge on any atom is 0.161 e. The minimum Gasteiger partial charge on any atom is -0.493 e. The number of β-amino-alcohol motifs (C(OH)–C–C–N with tert-alkyl or cyclic N) is 1. The van der Waals surface area contributed by atoms with Gasteiger partial charge in [-0.25, -0.2) is 0 Å². The minimum absolute atomic E-state index is 0.466. The Balaban J connectivity index is 1.75. The average molecular weight is 406 g/mol. The highest BCUT2D eigenvalue weighted by molar-refractivity contribution is 8.03. The molecule has 3 rings (SSSR count). The topological polar surface area (TPSA) is 87.0 Å². The van der Waals surface area contributed by atoms with E-state index in [2.05, 4.69) is 16.3 Å². The summed E-state index contributed by atoms with van der Waals surface area (Å²) in [5, 5.41) is 23.5. The molecule has 8 heteroatoms. The van der Waals surface area contributed by atoms with Crippen molar-refractivity contribution in [2.24, 2.45) is 0 Å². The van der Waals surface area contributed by atoms with Gasteiger partial charge >= 0.3 is 0 Å². The van der Waals surface area contributed by atoms with E-state index in [0.29, 0.717) is 41.9 Å². The van der Waals surface area contributed by atoms with E-state index in [4.69, 9.17) is 14.2 Å². The molecule has 1 fully saturated rings. The van der Waals surface area contributed by atoms with Crippen LogP contribution in [0.5, 0.6) is 11.5 Å². The molecule has 1 saturated heterocycles. The van der Waals surface area contributed by atoms with Gasteiger partial charge in [0.05, 0.1) is 39.2 Å². The highest BCUT2D eigenvalue weighted by atomic mass is 32.2. The predicted octanol–water partition coefficient (Wildman–Crippen LogP) is 1.47. The van der Waals surface area contributed by atoms with Crippen molar-refractivity contribution in [2.45, 2.75) is 12.5 Å². The van der Waals surface area contributed by atoms with Crippen LogP contribution in [0.15, 0.2) is 17.0 Å². The van der Waals surface area contributed by atoms with E-state index in [0.717, 1.165) is 42.9 Å². The first-order valence-corrected chi connectivity index (χ1v) is 10.4. The van der Waals surface area contributed by atoms with Gasteiger partial charge in [0.2, 0.25) is 0 Å². The minimum atomic E-state index is -0.500. The summed E-state index contributed by atoms with van der Waals surface area (Å²) in [4.78, 5) is 2.77. The van der Waals surface area contributed by atoms with Crippen molar-refractivity contribution in [1.29, 1.82) is 5.26 Å². The normalized spacial score (nSPS) is 19.8. The zero-order chi connectivity index (χ0) is 19.9. The molecule has 2 aliphatic rings. The zero-order valence-corrected chi connectivity index (χ0v) is 17.2. The van der Waals surface area contributed by atoms with Gasteiger partial charge in [0.15, 0.2) is 11.5 Å². The molecule has 0 amide bonds. The SMILES string of the molecule is COc1cc2c(cc1OC)C(=C(C#N)SCC(O)CN1CCOCC1)NCC2. The number of aliphatic hydroxyl groups excluding tert-OH is 1. The quantitative estimate of drug-likeness (QED) is 0.660. The molecular weight excluding hydrogens is 378 g/mol. The molecule has 2 heterocycles. The average Bonchev–Trinajstić information content (AvgIpc) is 2.73. The van der Waals surface area contributed by atoms with Gasteiger partial charge in [-0.3, -0.25) is 4.90 Å². The van der Waals surface area contributed by atoms with E-state index in [9.17, 15) is 10.4 Å². The molecule has 0 saturated carbocycles. The van der Waals surface area contributed by atoms with Crippen LogP contribution in [0.4, 0.5) is 0 Å². The number of benzene rings is 1. The van der Waals surface area contributed by atoms with E-state index in [1.807, 2.05) is 12.1 Å². The molecule has 1 atom stereocenters. The highest BCUT2D eigenvalue weighted by Gasteiger charge is 2.22. The Morgan fingerprint density at radius 1 is 1.32 bits per heavy atom. The Kier molecular flexibility index (Phi) is 7.45. The lowest BCUT2D eigenvalue weighted by molar-refractivity contribution is 0.0188. The standard InChI is InChI=1S/C20H27N3O4S/c1-25-17-9-14-3-4-22-20(16(14)10-18(17)26-2)19(11-21)28-13-15(24)12-23-5-7-27-8-6-23/h9-10,15,22,24H,3-8,12-13H2,1-2H3. The Hall–Kier alpha value is -1.92. The molecule has 1 aromatic carbocycles. The monoisotopic (exact) mass is 405 g/mol. The third kappa shape index (κ3) is 4.92. The first kappa shape index (κ1) is 20.8. The summed E-state index contributed by atoms with van der Waals surface area (Å²) in [5.74, 6) is 1.79. The summed E-state index contributed by atoms with van der Waals surface area (Å²) >= 11 is 1.39. The molecule has 152 valence electrons. The van der Waals surface area contributed by atoms with Gasteiger partial charge in [-0.05, 0) is 24.1 Å². The van der Waals surface area contributed by atoms with Gasteiger partial charge < -0.3 is 24.6 Å². The Morgan fingerprint density at radius 2 is 2.04 bits per heavy atom. The molecule has 0 spiro atoms. The van der Waals surface area contributed by atoms with E-state index in [-0.39, 0.29) is 0 Å². The molecule has 7 nitrogen and oxygen atoms in total. The van der Waals surface area contributed by atoms with Crippen molar-refractivity contribution in [3.63, 3.8) is 0 Å². The van der Waals surface area contributed by atoms with Gasteiger partial charge in [-0.15, -0.1) is 11.8 Å². The van der Waals surface area contributed by atoms with Crippen molar-refractivity contribution in [2.75, 3.05) is 59.4 Å². The van der Waals surface area contributed by atoms with Crippen LogP contribution < -0.4 is 14.8 Å². The number of aliphatic hydroxyl groups is 1. The summed E-state index contributed by atoms with van der Waals surface area (Å²) in [7, 11) is 3.22. The van der Waals surface area contributed by atoms with E-state index in [1.165, 1.54) is 11.8 Å². The summed E-state index contributed by atoms with van der Waals surface area (Å²) in [6.45, 7) is 4.44. The molecule has 0 aromatic heterocycles. The van der Waals surface area contributed by atoms with E-state index < -0.39 is 6.10 Å². The first-order chi connectivity index (χ1) is 13.7. The smallest absolute Gasteiger partial charge is 0.161 e. The molecule has 0 aliphatic carbocycles. The number of rotatable bonds is 7. The lowest BCUT2D eigenvalue weighted by Gasteiger charge is -2.28. The Morgan fingerprint density at radius 3 is 2.71 bits per heavy atom.